The predicted octanol–water partition coefficient (Wildman–Crippen LogP) is 4.08. The molecule has 0 radical (unpaired) electrons. The summed E-state index contributed by atoms with van der Waals surface area (Å²) in [5.41, 5.74) is 10.3. The van der Waals surface area contributed by atoms with Crippen molar-refractivity contribution in [1.82, 2.24) is 20.4 Å². The van der Waals surface area contributed by atoms with Gasteiger partial charge in [0.2, 0.25) is 0 Å². The van der Waals surface area contributed by atoms with Gasteiger partial charge in [0, 0.05) is 34.2 Å². The van der Waals surface area contributed by atoms with Crippen molar-refractivity contribution in [3.8, 4) is 17.3 Å². The molecule has 1 aromatic carbocycles. The first-order valence-corrected chi connectivity index (χ1v) is 9.84. The molecule has 7 nitrogen and oxygen atoms in total. The summed E-state index contributed by atoms with van der Waals surface area (Å²) in [5, 5.41) is 28.9. The number of aromatic nitrogens is 4. The zero-order valence-corrected chi connectivity index (χ0v) is 16.6. The van der Waals surface area contributed by atoms with Gasteiger partial charge in [-0.05, 0) is 49.3 Å². The fraction of sp³-hybridized carbons (Fsp3) is 0.217. The van der Waals surface area contributed by atoms with E-state index in [1.54, 1.807) is 18.3 Å². The smallest absolute Gasteiger partial charge is 0.148 e. The minimum absolute atomic E-state index is 0.0923. The number of hydrogen-bond donors (Lipinski definition) is 3. The zero-order valence-electron chi connectivity index (χ0n) is 16.6. The van der Waals surface area contributed by atoms with Gasteiger partial charge in [-0.15, -0.1) is 10.2 Å². The van der Waals surface area contributed by atoms with E-state index in [9.17, 15) is 0 Å². The topological polar surface area (TPSA) is 116 Å². The van der Waals surface area contributed by atoms with Crippen LogP contribution in [-0.4, -0.2) is 26.9 Å². The Bertz CT molecular complexity index is 1160. The molecule has 1 aliphatic carbocycles. The van der Waals surface area contributed by atoms with E-state index in [0.717, 1.165) is 52.9 Å². The monoisotopic (exact) mass is 397 g/mol. The highest BCUT2D eigenvalue weighted by Crippen LogP contribution is 2.45. The van der Waals surface area contributed by atoms with E-state index >= 15 is 0 Å². The van der Waals surface area contributed by atoms with Gasteiger partial charge in [-0.25, -0.2) is 0 Å². The van der Waals surface area contributed by atoms with Crippen molar-refractivity contribution < 1.29 is 0 Å². The molecule has 1 aliphatic rings. The molecular weight excluding hydrogens is 374 g/mol. The molecule has 0 bridgehead atoms. The van der Waals surface area contributed by atoms with Crippen LogP contribution in [0, 0.1) is 16.7 Å². The van der Waals surface area contributed by atoms with Crippen LogP contribution in [0.1, 0.15) is 19.3 Å². The Labute approximate surface area is 175 Å². The van der Waals surface area contributed by atoms with Crippen molar-refractivity contribution in [2.24, 2.45) is 11.1 Å². The van der Waals surface area contributed by atoms with E-state index in [-0.39, 0.29) is 5.41 Å². The van der Waals surface area contributed by atoms with Crippen LogP contribution in [0.4, 0.5) is 5.82 Å². The van der Waals surface area contributed by atoms with Crippen LogP contribution in [-0.2, 0) is 0 Å². The Kier molecular flexibility index (Phi) is 5.31. The van der Waals surface area contributed by atoms with Crippen LogP contribution in [0.5, 0.6) is 0 Å². The molecule has 4 N–H and O–H groups in total. The molecule has 1 saturated carbocycles. The number of rotatable bonds is 7. The van der Waals surface area contributed by atoms with E-state index in [2.05, 4.69) is 32.3 Å². The summed E-state index contributed by atoms with van der Waals surface area (Å²) >= 11 is 0. The van der Waals surface area contributed by atoms with Crippen molar-refractivity contribution in [2.45, 2.75) is 19.3 Å². The summed E-state index contributed by atoms with van der Waals surface area (Å²) in [5.74, 6) is 0.718. The molecule has 2 aromatic heterocycles. The average molecular weight is 397 g/mol. The SMILES string of the molecule is C=C(C#N)/C=C\C=C(/N)C1(CNc2ccc(-c3ccc4[nH]ncc4c3)nn2)CCC1. The number of nitrogens with two attached hydrogens (primary N) is 1. The Morgan fingerprint density at radius 3 is 2.87 bits per heavy atom. The van der Waals surface area contributed by atoms with Gasteiger partial charge in [-0.1, -0.05) is 25.1 Å². The molecule has 0 saturated heterocycles. The average Bonchev–Trinajstić information content (AvgIpc) is 3.21. The van der Waals surface area contributed by atoms with Gasteiger partial charge in [0.1, 0.15) is 5.82 Å². The van der Waals surface area contributed by atoms with Crippen molar-refractivity contribution >= 4 is 16.7 Å². The molecule has 30 heavy (non-hydrogen) atoms. The summed E-state index contributed by atoms with van der Waals surface area (Å²) in [6.45, 7) is 4.33. The van der Waals surface area contributed by atoms with Crippen LogP contribution in [0.3, 0.4) is 0 Å². The van der Waals surface area contributed by atoms with E-state index in [1.165, 1.54) is 0 Å². The molecule has 4 rings (SSSR count). The molecular formula is C23H23N7. The van der Waals surface area contributed by atoms with Crippen LogP contribution in [0.2, 0.25) is 0 Å². The number of fused-ring (bicyclic) bond motifs is 1. The number of benzene rings is 1. The number of hydrogen-bond acceptors (Lipinski definition) is 6. The minimum atomic E-state index is -0.0923. The molecule has 3 aromatic rings. The molecule has 2 heterocycles. The Balaban J connectivity index is 1.42. The number of anilines is 1. The van der Waals surface area contributed by atoms with Gasteiger partial charge < -0.3 is 11.1 Å². The van der Waals surface area contributed by atoms with Crippen LogP contribution >= 0.6 is 0 Å². The van der Waals surface area contributed by atoms with Gasteiger partial charge in [-0.2, -0.15) is 10.4 Å². The largest absolute Gasteiger partial charge is 0.402 e. The molecule has 1 fully saturated rings. The normalized spacial score (nSPS) is 15.6. The van der Waals surface area contributed by atoms with Crippen LogP contribution in [0.25, 0.3) is 22.2 Å². The fourth-order valence-electron chi connectivity index (χ4n) is 3.60. The quantitative estimate of drug-likeness (QED) is 0.408. The second-order valence-corrected chi connectivity index (χ2v) is 7.58. The number of H-pyrrole nitrogens is 1. The molecule has 0 aliphatic heterocycles. The number of nitriles is 1. The Hall–Kier alpha value is -3.92. The van der Waals surface area contributed by atoms with E-state index in [4.69, 9.17) is 11.0 Å². The number of nitrogens with one attached hydrogen (secondary N) is 2. The van der Waals surface area contributed by atoms with Crippen molar-refractivity contribution in [3.63, 3.8) is 0 Å². The maximum absolute atomic E-state index is 8.78. The highest BCUT2D eigenvalue weighted by molar-refractivity contribution is 5.83. The number of aromatic amines is 1. The van der Waals surface area contributed by atoms with E-state index < -0.39 is 0 Å². The molecule has 7 heteroatoms. The van der Waals surface area contributed by atoms with Gasteiger partial charge in [0.05, 0.1) is 23.5 Å². The maximum Gasteiger partial charge on any atom is 0.148 e. The summed E-state index contributed by atoms with van der Waals surface area (Å²) in [6, 6.07) is 11.9. The van der Waals surface area contributed by atoms with Crippen molar-refractivity contribution in [2.75, 3.05) is 11.9 Å². The van der Waals surface area contributed by atoms with Crippen LogP contribution in [0.15, 0.2) is 72.6 Å². The highest BCUT2D eigenvalue weighted by Gasteiger charge is 2.39. The summed E-state index contributed by atoms with van der Waals surface area (Å²) in [7, 11) is 0. The number of allylic oxidation sites excluding steroid dienone is 4. The first kappa shape index (κ1) is 19.4. The van der Waals surface area contributed by atoms with Crippen molar-refractivity contribution in [3.05, 3.63) is 72.6 Å². The van der Waals surface area contributed by atoms with E-state index in [1.807, 2.05) is 42.5 Å². The lowest BCUT2D eigenvalue weighted by Crippen LogP contribution is -2.41. The second kappa shape index (κ2) is 8.21. The lowest BCUT2D eigenvalue weighted by molar-refractivity contribution is 0.201. The van der Waals surface area contributed by atoms with Crippen LogP contribution < -0.4 is 11.1 Å². The molecule has 0 unspecified atom stereocenters. The third-order valence-electron chi connectivity index (χ3n) is 5.65. The molecule has 0 amide bonds. The van der Waals surface area contributed by atoms with Gasteiger partial charge >= 0.3 is 0 Å². The summed E-state index contributed by atoms with van der Waals surface area (Å²) < 4.78 is 0. The lowest BCUT2D eigenvalue weighted by Gasteiger charge is -2.42. The maximum atomic E-state index is 8.78. The zero-order chi connectivity index (χ0) is 21.0. The van der Waals surface area contributed by atoms with E-state index in [0.29, 0.717) is 12.1 Å². The number of nitrogens with zero attached hydrogens (tertiary/aromatic N) is 4. The Morgan fingerprint density at radius 2 is 2.17 bits per heavy atom. The van der Waals surface area contributed by atoms with Crippen molar-refractivity contribution in [1.29, 1.82) is 5.26 Å². The van der Waals surface area contributed by atoms with Gasteiger partial charge in [0.15, 0.2) is 0 Å². The fourth-order valence-corrected chi connectivity index (χ4v) is 3.60. The predicted molar refractivity (Wildman–Crippen MR) is 118 cm³/mol. The standard InChI is InChI=1S/C23H23N7/c1-16(13-24)4-2-5-21(25)23(10-3-11-23)15-26-22-9-8-19(29-30-22)17-6-7-20-18(12-17)14-27-28-20/h2,4-9,12,14H,1,3,10-11,15,25H2,(H,26,30)(H,27,28)/b4-2-,21-5-. The molecule has 150 valence electrons. The third kappa shape index (κ3) is 3.94. The van der Waals surface area contributed by atoms with Gasteiger partial charge in [0.25, 0.3) is 0 Å². The molecule has 0 atom stereocenters. The highest BCUT2D eigenvalue weighted by atomic mass is 15.2. The van der Waals surface area contributed by atoms with Gasteiger partial charge in [-0.3, -0.25) is 5.10 Å². The summed E-state index contributed by atoms with van der Waals surface area (Å²) in [4.78, 5) is 0. The first-order valence-electron chi connectivity index (χ1n) is 9.84. The summed E-state index contributed by atoms with van der Waals surface area (Å²) in [6.07, 6.45) is 10.3. The lowest BCUT2D eigenvalue weighted by atomic mass is 9.66. The first-order chi connectivity index (χ1) is 14.6. The molecule has 0 spiro atoms. The second-order valence-electron chi connectivity index (χ2n) is 7.58. The minimum Gasteiger partial charge on any atom is -0.402 e. The third-order valence-corrected chi connectivity index (χ3v) is 5.65. The Morgan fingerprint density at radius 1 is 1.30 bits per heavy atom.